The summed E-state index contributed by atoms with van der Waals surface area (Å²) in [6.45, 7) is 4.01. The maximum absolute atomic E-state index is 12.8. The van der Waals surface area contributed by atoms with Gasteiger partial charge >= 0.3 is 11.9 Å². The topological polar surface area (TPSA) is 92.7 Å². The molecule has 7 heteroatoms. The number of hydrogen-bond donors (Lipinski definition) is 2. The number of carboxylic acids is 1. The van der Waals surface area contributed by atoms with Gasteiger partial charge in [0.2, 0.25) is 5.91 Å². The zero-order chi connectivity index (χ0) is 21.1. The lowest BCUT2D eigenvalue weighted by Gasteiger charge is -2.24. The average molecular weight is 413 g/mol. The number of esters is 1. The van der Waals surface area contributed by atoms with Crippen molar-refractivity contribution in [3.63, 3.8) is 0 Å². The summed E-state index contributed by atoms with van der Waals surface area (Å²) in [5.74, 6) is -3.41. The fourth-order valence-corrected chi connectivity index (χ4v) is 4.42. The molecule has 1 amide bonds. The number of carbonyl (C=O) groups is 3. The van der Waals surface area contributed by atoms with Gasteiger partial charge in [0.1, 0.15) is 10.6 Å². The van der Waals surface area contributed by atoms with Crippen LogP contribution in [0.25, 0.3) is 11.1 Å². The highest BCUT2D eigenvalue weighted by Crippen LogP contribution is 2.38. The van der Waals surface area contributed by atoms with E-state index in [0.29, 0.717) is 23.4 Å². The van der Waals surface area contributed by atoms with E-state index in [2.05, 4.69) is 5.32 Å². The summed E-state index contributed by atoms with van der Waals surface area (Å²) < 4.78 is 4.95. The van der Waals surface area contributed by atoms with Gasteiger partial charge in [-0.25, -0.2) is 4.79 Å². The molecule has 0 fully saturated rings. The minimum Gasteiger partial charge on any atom is -0.481 e. The quantitative estimate of drug-likeness (QED) is 0.559. The zero-order valence-electron chi connectivity index (χ0n) is 16.5. The predicted molar refractivity (Wildman–Crippen MR) is 112 cm³/mol. The second kappa shape index (κ2) is 8.61. The molecule has 1 aromatic carbocycles. The first-order chi connectivity index (χ1) is 13.8. The Bertz CT molecular complexity index is 991. The number of carboxylic acid groups (broad SMARTS) is 1. The number of carbonyl (C=O) groups excluding carboxylic acids is 2. The van der Waals surface area contributed by atoms with Crippen molar-refractivity contribution in [1.82, 2.24) is 0 Å². The molecule has 0 spiro atoms. The van der Waals surface area contributed by atoms with Gasteiger partial charge in [0.15, 0.2) is 0 Å². The largest absolute Gasteiger partial charge is 0.481 e. The first kappa shape index (κ1) is 20.8. The molecule has 2 unspecified atom stereocenters. The van der Waals surface area contributed by atoms with Crippen molar-refractivity contribution in [2.75, 3.05) is 12.4 Å². The molecule has 2 N–H and O–H groups in total. The third-order valence-corrected chi connectivity index (χ3v) is 6.22. The van der Waals surface area contributed by atoms with Crippen molar-refractivity contribution in [1.29, 1.82) is 0 Å². The van der Waals surface area contributed by atoms with Gasteiger partial charge in [-0.3, -0.25) is 9.59 Å². The highest BCUT2D eigenvalue weighted by Gasteiger charge is 2.35. The van der Waals surface area contributed by atoms with Gasteiger partial charge in [-0.05, 0) is 43.4 Å². The van der Waals surface area contributed by atoms with E-state index in [9.17, 15) is 19.5 Å². The Morgan fingerprint density at radius 3 is 2.41 bits per heavy atom. The Hall–Kier alpha value is -2.93. The molecule has 0 aliphatic heterocycles. The molecule has 2 aromatic rings. The number of anilines is 1. The van der Waals surface area contributed by atoms with Gasteiger partial charge in [-0.1, -0.05) is 30.4 Å². The van der Waals surface area contributed by atoms with Crippen LogP contribution in [0.2, 0.25) is 0 Å². The molecule has 2 atom stereocenters. The standard InChI is InChI=1S/C22H23NO5S/c1-12-8-9-14(10-13(12)2)17-11-29-20(18(17)22(27)28-3)23-19(24)15-6-4-5-7-16(15)21(25)26/h4-5,8-11,15-16H,6-7H2,1-3H3,(H,23,24)(H,25,26). The maximum atomic E-state index is 12.8. The molecule has 29 heavy (non-hydrogen) atoms. The minimum absolute atomic E-state index is 0.285. The Labute approximate surface area is 173 Å². The number of rotatable bonds is 5. The smallest absolute Gasteiger partial charge is 0.341 e. The van der Waals surface area contributed by atoms with Gasteiger partial charge in [-0.15, -0.1) is 11.3 Å². The van der Waals surface area contributed by atoms with Crippen LogP contribution in [0.1, 0.15) is 34.3 Å². The van der Waals surface area contributed by atoms with Crippen molar-refractivity contribution in [3.8, 4) is 11.1 Å². The molecule has 1 aliphatic carbocycles. The second-order valence-electron chi connectivity index (χ2n) is 7.13. The minimum atomic E-state index is -0.996. The van der Waals surface area contributed by atoms with Gasteiger partial charge < -0.3 is 15.2 Å². The van der Waals surface area contributed by atoms with Gasteiger partial charge in [-0.2, -0.15) is 0 Å². The molecular weight excluding hydrogens is 390 g/mol. The summed E-state index contributed by atoms with van der Waals surface area (Å²) in [5, 5.41) is 14.4. The van der Waals surface area contributed by atoms with E-state index >= 15 is 0 Å². The number of aliphatic carboxylic acids is 1. The summed E-state index contributed by atoms with van der Waals surface area (Å²) >= 11 is 1.23. The van der Waals surface area contributed by atoms with Crippen molar-refractivity contribution in [3.05, 3.63) is 52.4 Å². The molecule has 1 heterocycles. The first-order valence-electron chi connectivity index (χ1n) is 9.29. The summed E-state index contributed by atoms with van der Waals surface area (Å²) in [4.78, 5) is 36.8. The van der Waals surface area contributed by atoms with Crippen LogP contribution in [-0.2, 0) is 14.3 Å². The van der Waals surface area contributed by atoms with Crippen LogP contribution in [0.3, 0.4) is 0 Å². The molecule has 0 radical (unpaired) electrons. The molecule has 1 aromatic heterocycles. The van der Waals surface area contributed by atoms with E-state index in [1.165, 1.54) is 18.4 Å². The highest BCUT2D eigenvalue weighted by atomic mass is 32.1. The van der Waals surface area contributed by atoms with Gasteiger partial charge in [0, 0.05) is 10.9 Å². The van der Waals surface area contributed by atoms with Gasteiger partial charge in [0.05, 0.1) is 18.9 Å². The van der Waals surface area contributed by atoms with E-state index in [-0.39, 0.29) is 5.56 Å². The third-order valence-electron chi connectivity index (χ3n) is 5.32. The van der Waals surface area contributed by atoms with E-state index in [1.54, 1.807) is 11.5 Å². The molecule has 0 saturated carbocycles. The molecule has 6 nitrogen and oxygen atoms in total. The summed E-state index contributed by atoms with van der Waals surface area (Å²) in [6.07, 6.45) is 4.27. The Balaban J connectivity index is 1.95. The van der Waals surface area contributed by atoms with E-state index in [0.717, 1.165) is 16.7 Å². The van der Waals surface area contributed by atoms with E-state index in [4.69, 9.17) is 4.74 Å². The number of aryl methyl sites for hydroxylation is 2. The monoisotopic (exact) mass is 413 g/mol. The molecule has 3 rings (SSSR count). The number of hydrogen-bond acceptors (Lipinski definition) is 5. The van der Waals surface area contributed by atoms with Crippen LogP contribution < -0.4 is 5.32 Å². The zero-order valence-corrected chi connectivity index (χ0v) is 17.3. The summed E-state index contributed by atoms with van der Waals surface area (Å²) in [5.41, 5.74) is 4.05. The van der Waals surface area contributed by atoms with Crippen LogP contribution >= 0.6 is 11.3 Å². The van der Waals surface area contributed by atoms with Crippen molar-refractivity contribution < 1.29 is 24.2 Å². The van der Waals surface area contributed by atoms with Crippen molar-refractivity contribution in [2.45, 2.75) is 26.7 Å². The number of methoxy groups -OCH3 is 1. The number of amides is 1. The van der Waals surface area contributed by atoms with Crippen LogP contribution in [0, 0.1) is 25.7 Å². The van der Waals surface area contributed by atoms with Crippen LogP contribution in [-0.4, -0.2) is 30.1 Å². The van der Waals surface area contributed by atoms with Crippen LogP contribution in [0.5, 0.6) is 0 Å². The Kier molecular flexibility index (Phi) is 6.17. The molecule has 0 saturated heterocycles. The lowest BCUT2D eigenvalue weighted by atomic mass is 9.82. The first-order valence-corrected chi connectivity index (χ1v) is 10.2. The SMILES string of the molecule is COC(=O)c1c(-c2ccc(C)c(C)c2)csc1NC(=O)C1CC=CCC1C(=O)O. The number of allylic oxidation sites excluding steroid dienone is 2. The molecule has 152 valence electrons. The fraction of sp³-hybridized carbons (Fsp3) is 0.318. The van der Waals surface area contributed by atoms with Crippen LogP contribution in [0.4, 0.5) is 5.00 Å². The predicted octanol–water partition coefficient (Wildman–Crippen LogP) is 4.42. The second-order valence-corrected chi connectivity index (χ2v) is 8.01. The van der Waals surface area contributed by atoms with E-state index < -0.39 is 29.7 Å². The molecule has 0 bridgehead atoms. The fourth-order valence-electron chi connectivity index (χ4n) is 3.46. The van der Waals surface area contributed by atoms with Crippen molar-refractivity contribution in [2.24, 2.45) is 11.8 Å². The lowest BCUT2D eigenvalue weighted by Crippen LogP contribution is -2.34. The summed E-state index contributed by atoms with van der Waals surface area (Å²) in [6, 6.07) is 5.89. The lowest BCUT2D eigenvalue weighted by molar-refractivity contribution is -0.146. The van der Waals surface area contributed by atoms with Crippen molar-refractivity contribution >= 4 is 34.2 Å². The third kappa shape index (κ3) is 4.24. The van der Waals surface area contributed by atoms with E-state index in [1.807, 2.05) is 38.1 Å². The number of nitrogens with one attached hydrogen (secondary N) is 1. The normalized spacial score (nSPS) is 18.3. The molecular formula is C22H23NO5S. The Morgan fingerprint density at radius 2 is 1.79 bits per heavy atom. The summed E-state index contributed by atoms with van der Waals surface area (Å²) in [7, 11) is 1.29. The number of ether oxygens (including phenoxy) is 1. The number of thiophene rings is 1. The average Bonchev–Trinajstić information content (AvgIpc) is 3.12. The highest BCUT2D eigenvalue weighted by molar-refractivity contribution is 7.15. The maximum Gasteiger partial charge on any atom is 0.341 e. The Morgan fingerprint density at radius 1 is 1.10 bits per heavy atom. The molecule has 1 aliphatic rings. The number of benzene rings is 1. The van der Waals surface area contributed by atoms with Crippen LogP contribution in [0.15, 0.2) is 35.7 Å². The van der Waals surface area contributed by atoms with Gasteiger partial charge in [0.25, 0.3) is 0 Å².